The molecule has 0 bridgehead atoms. The van der Waals surface area contributed by atoms with Gasteiger partial charge in [0, 0.05) is 17.3 Å². The Morgan fingerprint density at radius 2 is 2.00 bits per heavy atom. The zero-order chi connectivity index (χ0) is 14.0. The number of nitrogens with zero attached hydrogens (tertiary/aromatic N) is 1. The van der Waals surface area contributed by atoms with Crippen LogP contribution in [0.2, 0.25) is 0 Å². The first-order valence-corrected chi connectivity index (χ1v) is 6.23. The maximum absolute atomic E-state index is 12.5. The van der Waals surface area contributed by atoms with Crippen molar-refractivity contribution in [2.45, 2.75) is 27.7 Å². The first-order chi connectivity index (χ1) is 9.04. The number of carbonyl (C=O) groups is 1. The van der Waals surface area contributed by atoms with Gasteiger partial charge < -0.3 is 9.15 Å². The highest BCUT2D eigenvalue weighted by molar-refractivity contribution is 6.10. The molecule has 4 nitrogen and oxygen atoms in total. The van der Waals surface area contributed by atoms with Crippen LogP contribution in [0.1, 0.15) is 39.9 Å². The third-order valence-electron chi connectivity index (χ3n) is 3.07. The number of ether oxygens (including phenoxy) is 1. The SMILES string of the molecule is CCOc1cncc(C(=O)c2c(C)oc(C)c2C)c1. The summed E-state index contributed by atoms with van der Waals surface area (Å²) >= 11 is 0. The van der Waals surface area contributed by atoms with Crippen molar-refractivity contribution in [1.82, 2.24) is 4.98 Å². The molecule has 0 aliphatic rings. The highest BCUT2D eigenvalue weighted by atomic mass is 16.5. The molecule has 2 aromatic heterocycles. The van der Waals surface area contributed by atoms with Gasteiger partial charge in [0.25, 0.3) is 0 Å². The number of hydrogen-bond acceptors (Lipinski definition) is 4. The lowest BCUT2D eigenvalue weighted by Crippen LogP contribution is -2.05. The van der Waals surface area contributed by atoms with E-state index in [2.05, 4.69) is 4.98 Å². The van der Waals surface area contributed by atoms with Crippen molar-refractivity contribution in [1.29, 1.82) is 0 Å². The second-order valence-electron chi connectivity index (χ2n) is 4.39. The average Bonchev–Trinajstić information content (AvgIpc) is 2.63. The van der Waals surface area contributed by atoms with E-state index in [0.29, 0.717) is 29.2 Å². The monoisotopic (exact) mass is 259 g/mol. The van der Waals surface area contributed by atoms with Gasteiger partial charge in [-0.3, -0.25) is 9.78 Å². The molecule has 0 atom stereocenters. The third-order valence-corrected chi connectivity index (χ3v) is 3.07. The third kappa shape index (κ3) is 2.52. The van der Waals surface area contributed by atoms with Gasteiger partial charge in [0.1, 0.15) is 17.3 Å². The first-order valence-electron chi connectivity index (χ1n) is 6.23. The predicted molar refractivity (Wildman–Crippen MR) is 71.8 cm³/mol. The second-order valence-corrected chi connectivity index (χ2v) is 4.39. The molecule has 2 aromatic rings. The number of aryl methyl sites for hydroxylation is 2. The quantitative estimate of drug-likeness (QED) is 0.791. The van der Waals surface area contributed by atoms with E-state index in [0.717, 1.165) is 11.3 Å². The largest absolute Gasteiger partial charge is 0.492 e. The van der Waals surface area contributed by atoms with Crippen molar-refractivity contribution in [3.05, 3.63) is 46.7 Å². The van der Waals surface area contributed by atoms with E-state index in [1.165, 1.54) is 0 Å². The Morgan fingerprint density at radius 3 is 2.58 bits per heavy atom. The number of ketones is 1. The van der Waals surface area contributed by atoms with Crippen LogP contribution in [0.3, 0.4) is 0 Å². The van der Waals surface area contributed by atoms with Gasteiger partial charge >= 0.3 is 0 Å². The maximum atomic E-state index is 12.5. The molecule has 0 spiro atoms. The van der Waals surface area contributed by atoms with Crippen LogP contribution < -0.4 is 4.74 Å². The van der Waals surface area contributed by atoms with Gasteiger partial charge in [-0.15, -0.1) is 0 Å². The topological polar surface area (TPSA) is 52.3 Å². The predicted octanol–water partition coefficient (Wildman–Crippen LogP) is 3.23. The van der Waals surface area contributed by atoms with E-state index in [-0.39, 0.29) is 5.78 Å². The summed E-state index contributed by atoms with van der Waals surface area (Å²) in [5, 5.41) is 0. The van der Waals surface area contributed by atoms with Gasteiger partial charge in [-0.1, -0.05) is 0 Å². The Hall–Kier alpha value is -2.10. The maximum Gasteiger partial charge on any atom is 0.198 e. The molecular formula is C15H17NO3. The summed E-state index contributed by atoms with van der Waals surface area (Å²) in [4.78, 5) is 16.5. The highest BCUT2D eigenvalue weighted by Crippen LogP contribution is 2.24. The van der Waals surface area contributed by atoms with E-state index < -0.39 is 0 Å². The molecule has 0 unspecified atom stereocenters. The fraction of sp³-hybridized carbons (Fsp3) is 0.333. The zero-order valence-corrected chi connectivity index (χ0v) is 11.6. The van der Waals surface area contributed by atoms with Crippen LogP contribution in [0, 0.1) is 20.8 Å². The first kappa shape index (κ1) is 13.3. The van der Waals surface area contributed by atoms with E-state index in [1.54, 1.807) is 25.4 Å². The van der Waals surface area contributed by atoms with E-state index in [1.807, 2.05) is 20.8 Å². The summed E-state index contributed by atoms with van der Waals surface area (Å²) < 4.78 is 10.9. The van der Waals surface area contributed by atoms with Crippen molar-refractivity contribution < 1.29 is 13.9 Å². The highest BCUT2D eigenvalue weighted by Gasteiger charge is 2.20. The van der Waals surface area contributed by atoms with E-state index >= 15 is 0 Å². The van der Waals surface area contributed by atoms with Crippen LogP contribution in [0.25, 0.3) is 0 Å². The summed E-state index contributed by atoms with van der Waals surface area (Å²) in [6.45, 7) is 7.98. The van der Waals surface area contributed by atoms with Crippen molar-refractivity contribution in [3.8, 4) is 5.75 Å². The van der Waals surface area contributed by atoms with Crippen LogP contribution in [0.5, 0.6) is 5.75 Å². The summed E-state index contributed by atoms with van der Waals surface area (Å²) in [5.41, 5.74) is 2.01. The standard InChI is InChI=1S/C15H17NO3/c1-5-18-13-6-12(7-16-8-13)15(17)14-9(2)10(3)19-11(14)4/h6-8H,5H2,1-4H3. The Labute approximate surface area is 112 Å². The van der Waals surface area contributed by atoms with Crippen molar-refractivity contribution in [3.63, 3.8) is 0 Å². The molecule has 2 rings (SSSR count). The molecule has 0 N–H and O–H groups in total. The Balaban J connectivity index is 2.41. The molecule has 19 heavy (non-hydrogen) atoms. The molecule has 0 saturated carbocycles. The summed E-state index contributed by atoms with van der Waals surface area (Å²) in [5.74, 6) is 1.93. The normalized spacial score (nSPS) is 10.5. The second kappa shape index (κ2) is 5.26. The van der Waals surface area contributed by atoms with Gasteiger partial charge in [0.2, 0.25) is 0 Å². The van der Waals surface area contributed by atoms with Crippen LogP contribution in [0.15, 0.2) is 22.9 Å². The van der Waals surface area contributed by atoms with Gasteiger partial charge in [0.05, 0.1) is 18.4 Å². The van der Waals surface area contributed by atoms with E-state index in [4.69, 9.17) is 9.15 Å². The van der Waals surface area contributed by atoms with Crippen LogP contribution >= 0.6 is 0 Å². The summed E-state index contributed by atoms with van der Waals surface area (Å²) in [6.07, 6.45) is 3.15. The van der Waals surface area contributed by atoms with Crippen LogP contribution in [-0.4, -0.2) is 17.4 Å². The summed E-state index contributed by atoms with van der Waals surface area (Å²) in [6, 6.07) is 1.71. The molecule has 0 fully saturated rings. The molecular weight excluding hydrogens is 242 g/mol. The Kier molecular flexibility index (Phi) is 3.69. The zero-order valence-electron chi connectivity index (χ0n) is 11.6. The molecule has 0 radical (unpaired) electrons. The molecule has 0 aliphatic heterocycles. The van der Waals surface area contributed by atoms with Gasteiger partial charge in [0.15, 0.2) is 5.78 Å². The smallest absolute Gasteiger partial charge is 0.198 e. The number of hydrogen-bond donors (Lipinski definition) is 0. The Bertz CT molecular complexity index is 614. The number of aromatic nitrogens is 1. The molecule has 2 heterocycles. The lowest BCUT2D eigenvalue weighted by molar-refractivity contribution is 0.103. The number of furan rings is 1. The molecule has 100 valence electrons. The van der Waals surface area contributed by atoms with Crippen molar-refractivity contribution in [2.75, 3.05) is 6.61 Å². The number of carbonyl (C=O) groups excluding carboxylic acids is 1. The van der Waals surface area contributed by atoms with Gasteiger partial charge in [-0.05, 0) is 33.8 Å². The van der Waals surface area contributed by atoms with Crippen LogP contribution in [-0.2, 0) is 0 Å². The van der Waals surface area contributed by atoms with Crippen molar-refractivity contribution in [2.24, 2.45) is 0 Å². The molecule has 4 heteroatoms. The fourth-order valence-corrected chi connectivity index (χ4v) is 2.06. The fourth-order valence-electron chi connectivity index (χ4n) is 2.06. The van der Waals surface area contributed by atoms with Crippen LogP contribution in [0.4, 0.5) is 0 Å². The lowest BCUT2D eigenvalue weighted by Gasteiger charge is -2.05. The number of rotatable bonds is 4. The number of pyridine rings is 1. The average molecular weight is 259 g/mol. The minimum Gasteiger partial charge on any atom is -0.492 e. The van der Waals surface area contributed by atoms with Gasteiger partial charge in [-0.25, -0.2) is 0 Å². The minimum atomic E-state index is -0.0825. The molecule has 0 aliphatic carbocycles. The summed E-state index contributed by atoms with van der Waals surface area (Å²) in [7, 11) is 0. The van der Waals surface area contributed by atoms with Crippen molar-refractivity contribution >= 4 is 5.78 Å². The minimum absolute atomic E-state index is 0.0825. The molecule has 0 amide bonds. The Morgan fingerprint density at radius 1 is 1.26 bits per heavy atom. The molecule has 0 saturated heterocycles. The van der Waals surface area contributed by atoms with E-state index in [9.17, 15) is 4.79 Å². The lowest BCUT2D eigenvalue weighted by atomic mass is 10.0. The van der Waals surface area contributed by atoms with Gasteiger partial charge in [-0.2, -0.15) is 0 Å². The molecule has 0 aromatic carbocycles.